The molecule has 30 nitrogen and oxygen atoms in total. The minimum Gasteiger partial charge on any atom is -0.870 e. The molecule has 6 aromatic carbocycles. The van der Waals surface area contributed by atoms with Crippen LogP contribution in [0.4, 0.5) is 13.2 Å². The molecule has 0 fully saturated rings. The third-order valence-electron chi connectivity index (χ3n) is 14.7. The van der Waals surface area contributed by atoms with Gasteiger partial charge in [-0.05, 0) is 120 Å². The van der Waals surface area contributed by atoms with Crippen LogP contribution in [0.15, 0.2) is 168 Å². The summed E-state index contributed by atoms with van der Waals surface area (Å²) in [4.78, 5) is 99.5. The number of benzene rings is 6. The van der Waals surface area contributed by atoms with E-state index in [1.165, 1.54) is 80.1 Å². The summed E-state index contributed by atoms with van der Waals surface area (Å²) >= 11 is 17.9. The number of ether oxygens (including phenoxy) is 4. The monoisotopic (exact) mass is 1530 g/mol. The first-order valence-corrected chi connectivity index (χ1v) is 32.5. The number of nitrogens with zero attached hydrogens (tertiary/aromatic N) is 14. The number of hydrogen-bond donors (Lipinski definition) is 3. The van der Waals surface area contributed by atoms with Gasteiger partial charge in [0.25, 0.3) is 0 Å². The predicted octanol–water partition coefficient (Wildman–Crippen LogP) is 4.49. The van der Waals surface area contributed by atoms with Gasteiger partial charge in [-0.1, -0.05) is 120 Å². The second kappa shape index (κ2) is 44.0. The number of aromatic nitrogens is 8. The predicted molar refractivity (Wildman–Crippen MR) is 374 cm³/mol. The van der Waals surface area contributed by atoms with Gasteiger partial charge in [0.2, 0.25) is 36.8 Å². The molecule has 107 heavy (non-hydrogen) atoms. The zero-order chi connectivity index (χ0) is 76.1. The van der Waals surface area contributed by atoms with Crippen molar-refractivity contribution in [2.24, 2.45) is 15.4 Å². The van der Waals surface area contributed by atoms with Crippen molar-refractivity contribution >= 4 is 88.0 Å². The molecule has 3 heterocycles. The quantitative estimate of drug-likeness (QED) is 0.0123. The molecule has 0 saturated heterocycles. The van der Waals surface area contributed by atoms with Crippen molar-refractivity contribution in [1.29, 1.82) is 0 Å². The van der Waals surface area contributed by atoms with Crippen LogP contribution >= 0.6 is 34.8 Å². The Morgan fingerprint density at radius 3 is 1.21 bits per heavy atom. The number of aliphatic hydroxyl groups excluding tert-OH is 3. The Morgan fingerprint density at radius 2 is 0.888 bits per heavy atom. The van der Waals surface area contributed by atoms with Crippen molar-refractivity contribution in [1.82, 2.24) is 55.1 Å². The van der Waals surface area contributed by atoms with Crippen molar-refractivity contribution in [3.05, 3.63) is 214 Å². The summed E-state index contributed by atoms with van der Waals surface area (Å²) in [5, 5.41) is 64.4. The zero-order valence-corrected chi connectivity index (χ0v) is 59.8. The summed E-state index contributed by atoms with van der Waals surface area (Å²) in [7, 11) is 0. The van der Waals surface area contributed by atoms with E-state index < -0.39 is 79.0 Å². The second-order valence-corrected chi connectivity index (χ2v) is 24.0. The van der Waals surface area contributed by atoms with Crippen molar-refractivity contribution < 1.29 is 110 Å². The SMILES string of the molecule is C=CCn1nnnc1C(=O)CN(Cc1ccc(-c2cc(Cl)ccc2F)cc1)C[C@@H](O)C(=O)OCOC(C)=O.C=CCn1nnnc1C(=O)CN(Cc1ccc(-c2cc(Cl)ccc2F)cc1)C[C@@H](O)[C-]=O.CC(=O)OCOC(=O)[C@H](O)CN(CC(=O)C1=NN=NC1)Cc1ccc(-c2cc(Cl)ccc2F)cc1.[Li+].[OH-]. The average molecular weight is 1530 g/mol. The normalized spacial score (nSPS) is 12.1. The number of tetrazole rings is 2. The van der Waals surface area contributed by atoms with Gasteiger partial charge in [0.15, 0.2) is 18.0 Å². The smallest absolute Gasteiger partial charge is 0.870 e. The van der Waals surface area contributed by atoms with E-state index in [2.05, 4.69) is 69.1 Å². The maximum Gasteiger partial charge on any atom is 1.00 e. The van der Waals surface area contributed by atoms with Gasteiger partial charge in [-0.3, -0.25) is 38.7 Å². The van der Waals surface area contributed by atoms with Crippen LogP contribution in [0.2, 0.25) is 15.1 Å². The second-order valence-electron chi connectivity index (χ2n) is 22.7. The van der Waals surface area contributed by atoms with E-state index in [0.29, 0.717) is 54.0 Å². The minimum absolute atomic E-state index is 0. The molecule has 0 bridgehead atoms. The molecule has 0 radical (unpaired) electrons. The van der Waals surface area contributed by atoms with Crippen molar-refractivity contribution in [2.45, 2.75) is 64.9 Å². The molecule has 2 aromatic heterocycles. The molecule has 37 heteroatoms. The summed E-state index contributed by atoms with van der Waals surface area (Å²) in [5.41, 5.74) is 5.26. The first kappa shape index (κ1) is 87.4. The third-order valence-corrected chi connectivity index (χ3v) is 15.4. The van der Waals surface area contributed by atoms with E-state index in [4.69, 9.17) is 44.3 Å². The van der Waals surface area contributed by atoms with E-state index in [1.54, 1.807) is 89.8 Å². The number of rotatable bonds is 35. The molecule has 3 atom stereocenters. The Balaban J connectivity index is 0.000000286. The fourth-order valence-corrected chi connectivity index (χ4v) is 10.3. The van der Waals surface area contributed by atoms with Gasteiger partial charge in [-0.15, -0.1) is 28.5 Å². The third kappa shape index (κ3) is 27.9. The van der Waals surface area contributed by atoms with Gasteiger partial charge in [0.05, 0.1) is 32.7 Å². The van der Waals surface area contributed by atoms with Crippen LogP contribution in [0, 0.1) is 17.5 Å². The Kier molecular flexibility index (Phi) is 35.9. The first-order valence-electron chi connectivity index (χ1n) is 31.4. The molecule has 0 spiro atoms. The summed E-state index contributed by atoms with van der Waals surface area (Å²) < 4.78 is 63.7. The number of carbonyl (C=O) groups is 7. The number of hydrogen-bond acceptors (Lipinski definition) is 28. The zero-order valence-electron chi connectivity index (χ0n) is 57.5. The fraction of sp³-hybridized carbons (Fsp3) is 0.271. The summed E-state index contributed by atoms with van der Waals surface area (Å²) in [6.07, 6.45) is -0.0617. The van der Waals surface area contributed by atoms with Gasteiger partial charge in [0.1, 0.15) is 29.7 Å². The number of Topliss-reactive ketones (excluding diaryl/α,β-unsaturated/α-hetero) is 3. The van der Waals surface area contributed by atoms with Crippen LogP contribution < -0.4 is 18.9 Å². The van der Waals surface area contributed by atoms with Crippen LogP contribution in [0.1, 0.15) is 51.8 Å². The summed E-state index contributed by atoms with van der Waals surface area (Å²) in [6.45, 7) is 8.04. The van der Waals surface area contributed by atoms with Gasteiger partial charge in [-0.2, -0.15) is 5.11 Å². The molecule has 0 saturated carbocycles. The van der Waals surface area contributed by atoms with Gasteiger partial charge in [-0.25, -0.2) is 38.4 Å². The molecule has 0 unspecified atom stereocenters. The number of esters is 4. The van der Waals surface area contributed by atoms with Crippen LogP contribution in [-0.2, 0) is 80.4 Å². The average Bonchev–Trinajstić information content (AvgIpc) is 1.64. The number of halogens is 6. The summed E-state index contributed by atoms with van der Waals surface area (Å²) in [5.74, 6) is -5.77. The number of ketones is 3. The minimum atomic E-state index is -1.65. The Bertz CT molecular complexity index is 4450. The van der Waals surface area contributed by atoms with Gasteiger partial charge in [0, 0.05) is 84.9 Å². The number of carbonyl (C=O) groups excluding carboxylic acids is 8. The number of aliphatic hydroxyl groups is 3. The maximum atomic E-state index is 14.3. The fourth-order valence-electron chi connectivity index (χ4n) is 9.81. The van der Waals surface area contributed by atoms with Crippen molar-refractivity contribution in [3.63, 3.8) is 0 Å². The molecule has 8 aromatic rings. The maximum absolute atomic E-state index is 14.3. The number of allylic oxidation sites excluding steroid dienone is 2. The molecule has 1 aliphatic rings. The molecule has 0 amide bonds. The van der Waals surface area contributed by atoms with Crippen LogP contribution in [-0.4, -0.2) is 207 Å². The molecule has 558 valence electrons. The molecule has 9 rings (SSSR count). The molecule has 4 N–H and O–H groups in total. The Morgan fingerprint density at radius 1 is 0.542 bits per heavy atom. The van der Waals surface area contributed by atoms with E-state index in [0.717, 1.165) is 25.0 Å². The van der Waals surface area contributed by atoms with E-state index in [-0.39, 0.29) is 132 Å². The van der Waals surface area contributed by atoms with Gasteiger partial charge >= 0.3 is 42.7 Å². The van der Waals surface area contributed by atoms with E-state index >= 15 is 0 Å². The summed E-state index contributed by atoms with van der Waals surface area (Å²) in [6, 6.07) is 33.5. The van der Waals surface area contributed by atoms with Gasteiger partial charge < -0.3 is 44.5 Å². The van der Waals surface area contributed by atoms with Crippen LogP contribution in [0.3, 0.4) is 0 Å². The Hall–Kier alpha value is -10.3. The molecule has 1 aliphatic heterocycles. The molecular formula is C70H68Cl3F3LiN14O16-. The largest absolute Gasteiger partial charge is 1.00 e. The van der Waals surface area contributed by atoms with Crippen LogP contribution in [0.5, 0.6) is 0 Å². The molecular weight excluding hydrogens is 1460 g/mol. The topological polar surface area (TPSA) is 398 Å². The Labute approximate surface area is 636 Å². The standard InChI is InChI=1S/C25H25ClFN5O6.C23H22ClFN4O6.C22H20ClFN5O3.Li.H2O/c1-3-10-32-24(28-29-30-32)22(34)13-31(14-23(35)25(36)38-15-37-16(2)33)12-17-4-6-18(7-5-17)20-11-19(26)8-9-21(20)27;1-14(30)34-13-35-23(33)22(32)12-29(11-21(31)20-9-26-28-27-20)10-15-2-4-16(5-3-15)18-8-17(24)6-7-19(18)25;1-2-9-29-22(25-26-27-29)21(32)13-28(12-18(31)14-30)11-15-3-5-16(6-4-15)19-10-17(23)7-8-20(19)24;;/h3-9,11,23,35H,1,10,12-15H2,2H3;2-8,22,32H,9-13H2,1H3;2-8,10,18,31H,1,9,11-13H2;;1H2/q;;-1;+1;/p-1/t23-;22-;18-;;/m111../s1. The van der Waals surface area contributed by atoms with Crippen molar-refractivity contribution in [3.8, 4) is 33.4 Å². The van der Waals surface area contributed by atoms with E-state index in [9.17, 15) is 66.8 Å². The van der Waals surface area contributed by atoms with E-state index in [1.807, 2.05) is 0 Å². The van der Waals surface area contributed by atoms with Crippen LogP contribution in [0.25, 0.3) is 33.4 Å². The molecule has 0 aliphatic carbocycles. The van der Waals surface area contributed by atoms with Crippen molar-refractivity contribution in [2.75, 3.05) is 59.4 Å². The first-order chi connectivity index (χ1) is 50.3.